The molecule has 0 saturated heterocycles. The summed E-state index contributed by atoms with van der Waals surface area (Å²) in [6.07, 6.45) is 5.81. The van der Waals surface area contributed by atoms with E-state index in [1.165, 1.54) is 5.56 Å². The van der Waals surface area contributed by atoms with E-state index in [0.717, 1.165) is 23.1 Å². The van der Waals surface area contributed by atoms with Crippen molar-refractivity contribution >= 4 is 18.1 Å². The standard InChI is InChI=1S/C21H25NO3/c1-16-6-8-17(9-7-16)10-11-18-12-14-19(15-13-18)20(23)4-2-3-5-21(24)22-25/h6-15,20,23,25H,2-5H2,1H3,(H,22,24)/b11-10+/t20-/m1/s1. The van der Waals surface area contributed by atoms with Gasteiger partial charge in [0, 0.05) is 6.42 Å². The number of hydrogen-bond acceptors (Lipinski definition) is 3. The molecule has 0 unspecified atom stereocenters. The van der Waals surface area contributed by atoms with Gasteiger partial charge in [-0.2, -0.15) is 0 Å². The molecule has 0 aliphatic heterocycles. The highest BCUT2D eigenvalue weighted by atomic mass is 16.5. The van der Waals surface area contributed by atoms with Gasteiger partial charge >= 0.3 is 0 Å². The zero-order valence-corrected chi connectivity index (χ0v) is 14.5. The van der Waals surface area contributed by atoms with Crippen LogP contribution in [0.3, 0.4) is 0 Å². The number of hydroxylamine groups is 1. The number of aryl methyl sites for hydroxylation is 1. The number of amides is 1. The highest BCUT2D eigenvalue weighted by Crippen LogP contribution is 2.21. The van der Waals surface area contributed by atoms with E-state index >= 15 is 0 Å². The summed E-state index contributed by atoms with van der Waals surface area (Å²) in [5, 5.41) is 18.6. The fraction of sp³-hybridized carbons (Fsp3) is 0.286. The minimum Gasteiger partial charge on any atom is -0.388 e. The lowest BCUT2D eigenvalue weighted by Crippen LogP contribution is -2.17. The summed E-state index contributed by atoms with van der Waals surface area (Å²) < 4.78 is 0. The largest absolute Gasteiger partial charge is 0.388 e. The molecule has 1 atom stereocenters. The maximum atomic E-state index is 10.9. The van der Waals surface area contributed by atoms with E-state index in [9.17, 15) is 9.90 Å². The number of aliphatic hydroxyl groups excluding tert-OH is 1. The van der Waals surface area contributed by atoms with E-state index in [2.05, 4.69) is 37.3 Å². The van der Waals surface area contributed by atoms with Gasteiger partial charge in [-0.15, -0.1) is 0 Å². The molecule has 0 fully saturated rings. The first-order chi connectivity index (χ1) is 12.1. The summed E-state index contributed by atoms with van der Waals surface area (Å²) in [6.45, 7) is 2.07. The third kappa shape index (κ3) is 6.53. The molecule has 25 heavy (non-hydrogen) atoms. The molecular formula is C21H25NO3. The highest BCUT2D eigenvalue weighted by molar-refractivity contribution is 5.74. The van der Waals surface area contributed by atoms with Gasteiger partial charge in [-0.3, -0.25) is 10.0 Å². The molecule has 2 aromatic carbocycles. The van der Waals surface area contributed by atoms with Crippen molar-refractivity contribution in [3.05, 3.63) is 70.8 Å². The number of nitrogens with one attached hydrogen (secondary N) is 1. The second kappa shape index (κ2) is 9.77. The second-order valence-electron chi connectivity index (χ2n) is 6.21. The van der Waals surface area contributed by atoms with Crippen LogP contribution in [0.2, 0.25) is 0 Å². The van der Waals surface area contributed by atoms with Crippen LogP contribution < -0.4 is 5.48 Å². The van der Waals surface area contributed by atoms with E-state index in [4.69, 9.17) is 5.21 Å². The second-order valence-corrected chi connectivity index (χ2v) is 6.21. The summed E-state index contributed by atoms with van der Waals surface area (Å²) in [7, 11) is 0. The molecule has 0 aliphatic rings. The Morgan fingerprint density at radius 2 is 1.56 bits per heavy atom. The minimum absolute atomic E-state index is 0.270. The van der Waals surface area contributed by atoms with Crippen LogP contribution in [0.1, 0.15) is 54.0 Å². The molecule has 3 N–H and O–H groups in total. The molecule has 0 aliphatic carbocycles. The Morgan fingerprint density at radius 1 is 1.00 bits per heavy atom. The molecule has 0 aromatic heterocycles. The first-order valence-corrected chi connectivity index (χ1v) is 8.54. The minimum atomic E-state index is -0.535. The summed E-state index contributed by atoms with van der Waals surface area (Å²) in [4.78, 5) is 10.9. The highest BCUT2D eigenvalue weighted by Gasteiger charge is 2.07. The van der Waals surface area contributed by atoms with Gasteiger partial charge in [-0.1, -0.05) is 72.7 Å². The van der Waals surface area contributed by atoms with Gasteiger partial charge in [0.15, 0.2) is 0 Å². The Balaban J connectivity index is 1.84. The molecule has 0 radical (unpaired) electrons. The Hall–Kier alpha value is -2.43. The third-order valence-corrected chi connectivity index (χ3v) is 4.12. The number of rotatable bonds is 8. The fourth-order valence-electron chi connectivity index (χ4n) is 2.55. The molecule has 1 amide bonds. The van der Waals surface area contributed by atoms with Crippen molar-refractivity contribution in [2.24, 2.45) is 0 Å². The third-order valence-electron chi connectivity index (χ3n) is 4.12. The number of carbonyl (C=O) groups is 1. The van der Waals surface area contributed by atoms with E-state index in [1.54, 1.807) is 5.48 Å². The average Bonchev–Trinajstić information content (AvgIpc) is 2.64. The van der Waals surface area contributed by atoms with Crippen LogP contribution in [0.15, 0.2) is 48.5 Å². The van der Waals surface area contributed by atoms with Crippen LogP contribution >= 0.6 is 0 Å². The van der Waals surface area contributed by atoms with Gasteiger partial charge in [0.2, 0.25) is 5.91 Å². The Kier molecular flexibility index (Phi) is 7.38. The summed E-state index contributed by atoms with van der Waals surface area (Å²) in [6, 6.07) is 16.2. The van der Waals surface area contributed by atoms with E-state index in [1.807, 2.05) is 30.3 Å². The van der Waals surface area contributed by atoms with Crippen LogP contribution in [0.4, 0.5) is 0 Å². The van der Waals surface area contributed by atoms with Crippen LogP contribution in [0.5, 0.6) is 0 Å². The molecular weight excluding hydrogens is 314 g/mol. The quantitative estimate of drug-likeness (QED) is 0.291. The lowest BCUT2D eigenvalue weighted by atomic mass is 10.0. The monoisotopic (exact) mass is 339 g/mol. The van der Waals surface area contributed by atoms with Crippen molar-refractivity contribution in [2.45, 2.75) is 38.7 Å². The van der Waals surface area contributed by atoms with Gasteiger partial charge in [-0.25, -0.2) is 5.48 Å². The van der Waals surface area contributed by atoms with Crippen LogP contribution in [-0.4, -0.2) is 16.2 Å². The van der Waals surface area contributed by atoms with Crippen molar-refractivity contribution in [3.63, 3.8) is 0 Å². The summed E-state index contributed by atoms with van der Waals surface area (Å²) in [5.74, 6) is -0.390. The predicted molar refractivity (Wildman–Crippen MR) is 99.9 cm³/mol. The number of benzene rings is 2. The smallest absolute Gasteiger partial charge is 0.243 e. The van der Waals surface area contributed by atoms with E-state index in [-0.39, 0.29) is 12.3 Å². The SMILES string of the molecule is Cc1ccc(/C=C/c2ccc([C@H](O)CCCCC(=O)NO)cc2)cc1. The number of aliphatic hydroxyl groups is 1. The van der Waals surface area contributed by atoms with Gasteiger partial charge in [0.1, 0.15) is 0 Å². The molecule has 4 nitrogen and oxygen atoms in total. The number of carbonyl (C=O) groups excluding carboxylic acids is 1. The predicted octanol–water partition coefficient (Wildman–Crippen LogP) is 4.26. The molecule has 0 spiro atoms. The van der Waals surface area contributed by atoms with Crippen LogP contribution in [-0.2, 0) is 4.79 Å². The molecule has 2 rings (SSSR count). The van der Waals surface area contributed by atoms with Crippen molar-refractivity contribution in [3.8, 4) is 0 Å². The lowest BCUT2D eigenvalue weighted by Gasteiger charge is -2.11. The zero-order valence-electron chi connectivity index (χ0n) is 14.5. The zero-order chi connectivity index (χ0) is 18.1. The average molecular weight is 339 g/mol. The molecule has 132 valence electrons. The van der Waals surface area contributed by atoms with Crippen molar-refractivity contribution in [1.82, 2.24) is 5.48 Å². The molecule has 4 heteroatoms. The normalized spacial score (nSPS) is 12.3. The first kappa shape index (κ1) is 18.9. The van der Waals surface area contributed by atoms with Crippen molar-refractivity contribution < 1.29 is 15.1 Å². The molecule has 0 saturated carbocycles. The van der Waals surface area contributed by atoms with E-state index in [0.29, 0.717) is 12.8 Å². The maximum absolute atomic E-state index is 10.9. The van der Waals surface area contributed by atoms with E-state index < -0.39 is 6.10 Å². The molecule has 0 heterocycles. The Bertz CT molecular complexity index is 690. The van der Waals surface area contributed by atoms with Crippen LogP contribution in [0.25, 0.3) is 12.2 Å². The number of unbranched alkanes of at least 4 members (excludes halogenated alkanes) is 1. The number of hydrogen-bond donors (Lipinski definition) is 3. The Morgan fingerprint density at radius 3 is 2.12 bits per heavy atom. The first-order valence-electron chi connectivity index (χ1n) is 8.54. The van der Waals surface area contributed by atoms with Crippen molar-refractivity contribution in [2.75, 3.05) is 0 Å². The summed E-state index contributed by atoms with van der Waals surface area (Å²) >= 11 is 0. The van der Waals surface area contributed by atoms with Gasteiger partial charge in [0.05, 0.1) is 6.10 Å². The van der Waals surface area contributed by atoms with Crippen molar-refractivity contribution in [1.29, 1.82) is 0 Å². The van der Waals surface area contributed by atoms with Gasteiger partial charge < -0.3 is 5.11 Å². The van der Waals surface area contributed by atoms with Gasteiger partial charge in [-0.05, 0) is 36.5 Å². The molecule has 2 aromatic rings. The Labute approximate surface area is 148 Å². The van der Waals surface area contributed by atoms with Gasteiger partial charge in [0.25, 0.3) is 0 Å². The lowest BCUT2D eigenvalue weighted by molar-refractivity contribution is -0.129. The summed E-state index contributed by atoms with van der Waals surface area (Å²) in [5.41, 5.74) is 5.96. The fourth-order valence-corrected chi connectivity index (χ4v) is 2.55. The van der Waals surface area contributed by atoms with Crippen LogP contribution in [0, 0.1) is 6.92 Å². The topological polar surface area (TPSA) is 69.6 Å². The molecule has 0 bridgehead atoms. The maximum Gasteiger partial charge on any atom is 0.243 e.